The zero-order valence-electron chi connectivity index (χ0n) is 16.2. The molecule has 7 nitrogen and oxygen atoms in total. The van der Waals surface area contributed by atoms with Gasteiger partial charge in [-0.25, -0.2) is 12.8 Å². The summed E-state index contributed by atoms with van der Waals surface area (Å²) in [5, 5.41) is 0. The van der Waals surface area contributed by atoms with Gasteiger partial charge in [-0.3, -0.25) is 4.79 Å². The van der Waals surface area contributed by atoms with E-state index in [1.54, 1.807) is 32.4 Å². The molecule has 0 N–H and O–H groups in total. The molecule has 2 aromatic carbocycles. The fourth-order valence-corrected chi connectivity index (χ4v) is 3.63. The lowest BCUT2D eigenvalue weighted by atomic mass is 10.2. The number of likely N-dealkylation sites (N-methyl/N-ethyl adjacent to an activating group) is 2. The van der Waals surface area contributed by atoms with Crippen molar-refractivity contribution in [3.8, 4) is 11.5 Å². The van der Waals surface area contributed by atoms with Crippen molar-refractivity contribution in [3.63, 3.8) is 0 Å². The molecule has 152 valence electrons. The molecule has 0 atom stereocenters. The minimum Gasteiger partial charge on any atom is -0.497 e. The summed E-state index contributed by atoms with van der Waals surface area (Å²) < 4.78 is 49.5. The number of ether oxygens (including phenoxy) is 2. The highest BCUT2D eigenvalue weighted by Crippen LogP contribution is 2.25. The van der Waals surface area contributed by atoms with Gasteiger partial charge < -0.3 is 14.4 Å². The number of carbonyl (C=O) groups is 1. The Morgan fingerprint density at radius 3 is 2.25 bits per heavy atom. The lowest BCUT2D eigenvalue weighted by Gasteiger charge is -2.23. The van der Waals surface area contributed by atoms with Crippen molar-refractivity contribution in [2.75, 3.05) is 34.9 Å². The molecule has 2 aromatic rings. The first-order valence-corrected chi connectivity index (χ1v) is 9.79. The van der Waals surface area contributed by atoms with E-state index in [1.165, 1.54) is 19.1 Å². The van der Waals surface area contributed by atoms with Crippen molar-refractivity contribution in [2.24, 2.45) is 0 Å². The quantitative estimate of drug-likeness (QED) is 0.666. The van der Waals surface area contributed by atoms with Crippen molar-refractivity contribution >= 4 is 15.9 Å². The van der Waals surface area contributed by atoms with Crippen LogP contribution < -0.4 is 9.47 Å². The maximum Gasteiger partial charge on any atom is 0.243 e. The summed E-state index contributed by atoms with van der Waals surface area (Å²) in [6, 6.07) is 9.69. The molecule has 28 heavy (non-hydrogen) atoms. The summed E-state index contributed by atoms with van der Waals surface area (Å²) in [7, 11) is 2.04. The molecule has 0 aliphatic rings. The van der Waals surface area contributed by atoms with Gasteiger partial charge in [-0.05, 0) is 36.4 Å². The predicted octanol–water partition coefficient (Wildman–Crippen LogP) is 2.12. The van der Waals surface area contributed by atoms with Gasteiger partial charge in [0.1, 0.15) is 17.3 Å². The minimum atomic E-state index is -3.90. The van der Waals surface area contributed by atoms with Crippen LogP contribution in [0.1, 0.15) is 5.56 Å². The minimum absolute atomic E-state index is 0.0799. The topological polar surface area (TPSA) is 76.2 Å². The Kier molecular flexibility index (Phi) is 6.98. The number of nitrogens with zero attached hydrogens (tertiary/aromatic N) is 2. The summed E-state index contributed by atoms with van der Waals surface area (Å²) >= 11 is 0. The average molecular weight is 410 g/mol. The third-order valence-electron chi connectivity index (χ3n) is 4.21. The molecule has 0 spiro atoms. The van der Waals surface area contributed by atoms with Gasteiger partial charge in [-0.1, -0.05) is 0 Å². The van der Waals surface area contributed by atoms with E-state index in [4.69, 9.17) is 9.47 Å². The van der Waals surface area contributed by atoms with Gasteiger partial charge in [0.15, 0.2) is 0 Å². The summed E-state index contributed by atoms with van der Waals surface area (Å²) in [6.07, 6.45) is 0. The molecule has 0 aliphatic carbocycles. The molecule has 0 aliphatic heterocycles. The third-order valence-corrected chi connectivity index (χ3v) is 6.02. The first kappa shape index (κ1) is 21.6. The molecule has 0 radical (unpaired) electrons. The van der Waals surface area contributed by atoms with Gasteiger partial charge in [-0.2, -0.15) is 4.31 Å². The maximum atomic E-state index is 13.0. The van der Waals surface area contributed by atoms with Gasteiger partial charge in [-0.15, -0.1) is 0 Å². The van der Waals surface area contributed by atoms with E-state index in [2.05, 4.69) is 0 Å². The number of hydrogen-bond acceptors (Lipinski definition) is 5. The van der Waals surface area contributed by atoms with Crippen molar-refractivity contribution < 1.29 is 27.1 Å². The van der Waals surface area contributed by atoms with Crippen molar-refractivity contribution in [2.45, 2.75) is 11.4 Å². The van der Waals surface area contributed by atoms with E-state index in [1.807, 2.05) is 0 Å². The number of carbonyl (C=O) groups excluding carboxylic acids is 1. The summed E-state index contributed by atoms with van der Waals surface area (Å²) in [5.41, 5.74) is 0.753. The van der Waals surface area contributed by atoms with Crippen molar-refractivity contribution in [1.82, 2.24) is 9.21 Å². The SMILES string of the molecule is COc1ccc(CN(C)C(=O)CN(C)S(=O)(=O)c2ccc(F)cc2)c(OC)c1. The van der Waals surface area contributed by atoms with E-state index in [9.17, 15) is 17.6 Å². The Bertz CT molecular complexity index is 932. The zero-order valence-corrected chi connectivity index (χ0v) is 17.0. The lowest BCUT2D eigenvalue weighted by molar-refractivity contribution is -0.130. The molecule has 0 aromatic heterocycles. The largest absolute Gasteiger partial charge is 0.497 e. The number of halogens is 1. The van der Waals surface area contributed by atoms with Gasteiger partial charge in [0, 0.05) is 32.3 Å². The van der Waals surface area contributed by atoms with Gasteiger partial charge in [0.25, 0.3) is 0 Å². The Labute approximate surface area is 164 Å². The Hall–Kier alpha value is -2.65. The van der Waals surface area contributed by atoms with Crippen LogP contribution in [-0.2, 0) is 21.4 Å². The average Bonchev–Trinajstić information content (AvgIpc) is 2.68. The van der Waals surface area contributed by atoms with Crippen LogP contribution in [0.2, 0.25) is 0 Å². The maximum absolute atomic E-state index is 13.0. The van der Waals surface area contributed by atoms with Crippen LogP contribution in [0, 0.1) is 5.82 Å². The second-order valence-electron chi connectivity index (χ2n) is 6.14. The highest BCUT2D eigenvalue weighted by atomic mass is 32.2. The number of amides is 1. The number of benzene rings is 2. The summed E-state index contributed by atoms with van der Waals surface area (Å²) in [6.45, 7) is -0.120. The number of hydrogen-bond donors (Lipinski definition) is 0. The van der Waals surface area contributed by atoms with E-state index in [0.717, 1.165) is 34.1 Å². The molecule has 0 fully saturated rings. The molecule has 1 amide bonds. The van der Waals surface area contributed by atoms with Crippen molar-refractivity contribution in [1.29, 1.82) is 0 Å². The van der Waals surface area contributed by atoms with E-state index >= 15 is 0 Å². The molecular weight excluding hydrogens is 387 g/mol. The Morgan fingerprint density at radius 1 is 1.04 bits per heavy atom. The molecule has 0 saturated heterocycles. The fourth-order valence-electron chi connectivity index (χ4n) is 2.51. The zero-order chi connectivity index (χ0) is 20.9. The summed E-state index contributed by atoms with van der Waals surface area (Å²) in [4.78, 5) is 13.8. The number of methoxy groups -OCH3 is 2. The van der Waals surface area contributed by atoms with Crippen LogP contribution in [0.4, 0.5) is 4.39 Å². The monoisotopic (exact) mass is 410 g/mol. The third kappa shape index (κ3) is 4.99. The van der Waals surface area contributed by atoms with Crippen LogP contribution in [0.15, 0.2) is 47.4 Å². The fraction of sp³-hybridized carbons (Fsp3) is 0.316. The summed E-state index contributed by atoms with van der Waals surface area (Å²) in [5.74, 6) is 0.253. The predicted molar refractivity (Wildman–Crippen MR) is 102 cm³/mol. The van der Waals surface area contributed by atoms with Crippen molar-refractivity contribution in [3.05, 3.63) is 53.8 Å². The molecule has 0 saturated carbocycles. The molecule has 2 rings (SSSR count). The first-order valence-electron chi connectivity index (χ1n) is 8.35. The molecule has 9 heteroatoms. The smallest absolute Gasteiger partial charge is 0.243 e. The highest BCUT2D eigenvalue weighted by Gasteiger charge is 2.24. The standard InChI is InChI=1S/C19H23FN2O5S/c1-21(12-14-5-8-16(26-3)11-18(14)27-4)19(23)13-22(2)28(24,25)17-9-6-15(20)7-10-17/h5-11H,12-13H2,1-4H3. The molecule has 0 unspecified atom stereocenters. The molecule has 0 bridgehead atoms. The first-order chi connectivity index (χ1) is 13.2. The second-order valence-corrected chi connectivity index (χ2v) is 8.19. The normalized spacial score (nSPS) is 11.4. The van der Waals surface area contributed by atoms with Gasteiger partial charge >= 0.3 is 0 Å². The van der Waals surface area contributed by atoms with Crippen LogP contribution in [-0.4, -0.2) is 58.4 Å². The van der Waals surface area contributed by atoms with Gasteiger partial charge in [0.2, 0.25) is 15.9 Å². The Balaban J connectivity index is 2.08. The number of rotatable bonds is 8. The molecular formula is C19H23FN2O5S. The van der Waals surface area contributed by atoms with Gasteiger partial charge in [0.05, 0.1) is 25.7 Å². The second kappa shape index (κ2) is 9.03. The lowest BCUT2D eigenvalue weighted by Crippen LogP contribution is -2.39. The van der Waals surface area contributed by atoms with Crippen LogP contribution in [0.5, 0.6) is 11.5 Å². The number of sulfonamides is 1. The van der Waals surface area contributed by atoms with E-state index in [0.29, 0.717) is 11.5 Å². The van der Waals surface area contributed by atoms with E-state index in [-0.39, 0.29) is 18.0 Å². The van der Waals surface area contributed by atoms with Crippen LogP contribution in [0.25, 0.3) is 0 Å². The van der Waals surface area contributed by atoms with Crippen LogP contribution >= 0.6 is 0 Å². The Morgan fingerprint density at radius 2 is 1.68 bits per heavy atom. The molecule has 0 heterocycles. The van der Waals surface area contributed by atoms with Crippen LogP contribution in [0.3, 0.4) is 0 Å². The van der Waals surface area contributed by atoms with E-state index < -0.39 is 21.7 Å². The highest BCUT2D eigenvalue weighted by molar-refractivity contribution is 7.89.